The summed E-state index contributed by atoms with van der Waals surface area (Å²) in [4.78, 5) is 37.2. The van der Waals surface area contributed by atoms with Gasteiger partial charge < -0.3 is 20.5 Å². The lowest BCUT2D eigenvalue weighted by atomic mass is 9.89. The SMILES string of the molecule is COc1ccc2c(c1)OC(C)(C)CC2NC(=O)C1CC1C(c1cccnc1)N1C(=O)CC(C)(C)N=C1N. The lowest BCUT2D eigenvalue weighted by molar-refractivity contribution is -0.132. The van der Waals surface area contributed by atoms with Crippen LogP contribution in [0.1, 0.15) is 70.2 Å². The maximum atomic E-state index is 13.6. The molecule has 37 heavy (non-hydrogen) atoms. The molecule has 5 rings (SSSR count). The number of hydrogen-bond acceptors (Lipinski definition) is 7. The molecule has 2 aliphatic heterocycles. The first-order valence-corrected chi connectivity index (χ1v) is 12.7. The highest BCUT2D eigenvalue weighted by Gasteiger charge is 2.53. The Labute approximate surface area is 217 Å². The topological polar surface area (TPSA) is 119 Å². The number of aromatic nitrogens is 1. The third kappa shape index (κ3) is 4.99. The monoisotopic (exact) mass is 505 g/mol. The number of hydrogen-bond donors (Lipinski definition) is 2. The van der Waals surface area contributed by atoms with E-state index in [1.807, 2.05) is 58.0 Å². The molecule has 9 heteroatoms. The predicted molar refractivity (Wildman–Crippen MR) is 139 cm³/mol. The van der Waals surface area contributed by atoms with Crippen LogP contribution in [0.3, 0.4) is 0 Å². The Bertz CT molecular complexity index is 1240. The van der Waals surface area contributed by atoms with Gasteiger partial charge in [0, 0.05) is 36.4 Å². The van der Waals surface area contributed by atoms with Gasteiger partial charge in [-0.2, -0.15) is 0 Å². The quantitative estimate of drug-likeness (QED) is 0.620. The third-order valence-electron chi connectivity index (χ3n) is 7.40. The summed E-state index contributed by atoms with van der Waals surface area (Å²) in [5.41, 5.74) is 7.11. The summed E-state index contributed by atoms with van der Waals surface area (Å²) in [6, 6.07) is 8.85. The van der Waals surface area contributed by atoms with Crippen LogP contribution in [-0.2, 0) is 9.59 Å². The highest BCUT2D eigenvalue weighted by molar-refractivity contribution is 5.99. The molecule has 0 saturated heterocycles. The van der Waals surface area contributed by atoms with Gasteiger partial charge in [-0.1, -0.05) is 6.07 Å². The molecule has 9 nitrogen and oxygen atoms in total. The normalized spacial score (nSPS) is 26.3. The minimum Gasteiger partial charge on any atom is -0.497 e. The van der Waals surface area contributed by atoms with E-state index in [4.69, 9.17) is 15.2 Å². The number of rotatable bonds is 6. The van der Waals surface area contributed by atoms with Crippen molar-refractivity contribution < 1.29 is 19.1 Å². The Morgan fingerprint density at radius 3 is 2.73 bits per heavy atom. The number of guanidine groups is 1. The summed E-state index contributed by atoms with van der Waals surface area (Å²) < 4.78 is 11.5. The highest BCUT2D eigenvalue weighted by atomic mass is 16.5. The second kappa shape index (κ2) is 9.04. The Hall–Kier alpha value is -3.62. The first-order valence-electron chi connectivity index (χ1n) is 12.7. The standard InChI is InChI=1S/C28H35N5O4/c1-27(2)14-23(34)33(26(29)32-27)24(16-7-6-10-30-15-16)19-12-20(19)25(35)31-21-13-28(3,4)37-22-11-17(36-5)8-9-18(21)22/h6-11,15,19-21,24H,12-14H2,1-5H3,(H2,29,32)(H,31,35). The smallest absolute Gasteiger partial charge is 0.232 e. The first-order chi connectivity index (χ1) is 17.5. The molecule has 196 valence electrons. The van der Waals surface area contributed by atoms with Crippen LogP contribution >= 0.6 is 0 Å². The van der Waals surface area contributed by atoms with E-state index in [0.717, 1.165) is 11.1 Å². The number of carbonyl (C=O) groups excluding carboxylic acids is 2. The fraction of sp³-hybridized carbons (Fsp3) is 0.500. The molecule has 4 atom stereocenters. The number of nitrogens with two attached hydrogens (primary N) is 1. The highest BCUT2D eigenvalue weighted by Crippen LogP contribution is 2.51. The van der Waals surface area contributed by atoms with Crippen molar-refractivity contribution in [3.63, 3.8) is 0 Å². The average molecular weight is 506 g/mol. The van der Waals surface area contributed by atoms with E-state index in [-0.39, 0.29) is 42.1 Å². The number of amides is 2. The summed E-state index contributed by atoms with van der Waals surface area (Å²) in [5.74, 6) is 1.13. The molecule has 4 unspecified atom stereocenters. The molecule has 3 aliphatic rings. The van der Waals surface area contributed by atoms with Crippen LogP contribution in [-0.4, -0.2) is 45.9 Å². The number of nitrogens with one attached hydrogen (secondary N) is 1. The van der Waals surface area contributed by atoms with Crippen molar-refractivity contribution in [1.82, 2.24) is 15.2 Å². The van der Waals surface area contributed by atoms with Crippen LogP contribution in [0.2, 0.25) is 0 Å². The Morgan fingerprint density at radius 2 is 2.05 bits per heavy atom. The van der Waals surface area contributed by atoms with E-state index in [1.54, 1.807) is 24.4 Å². The van der Waals surface area contributed by atoms with Crippen LogP contribution in [0.5, 0.6) is 11.5 Å². The zero-order chi connectivity index (χ0) is 26.5. The van der Waals surface area contributed by atoms with E-state index in [9.17, 15) is 9.59 Å². The lowest BCUT2D eigenvalue weighted by Gasteiger charge is -2.39. The van der Waals surface area contributed by atoms with Gasteiger partial charge in [-0.25, -0.2) is 4.99 Å². The largest absolute Gasteiger partial charge is 0.497 e. The molecule has 1 saturated carbocycles. The number of pyridine rings is 1. The summed E-state index contributed by atoms with van der Waals surface area (Å²) in [5, 5.41) is 3.26. The van der Waals surface area contributed by atoms with Crippen LogP contribution in [0.25, 0.3) is 0 Å². The average Bonchev–Trinajstić information content (AvgIpc) is 3.60. The predicted octanol–water partition coefficient (Wildman–Crippen LogP) is 3.51. The van der Waals surface area contributed by atoms with Gasteiger partial charge in [0.05, 0.1) is 31.2 Å². The number of benzene rings is 1. The van der Waals surface area contributed by atoms with Crippen molar-refractivity contribution in [3.05, 3.63) is 53.9 Å². The number of nitrogens with zero attached hydrogens (tertiary/aromatic N) is 3. The minimum absolute atomic E-state index is 0.0383. The fourth-order valence-corrected chi connectivity index (χ4v) is 5.65. The zero-order valence-corrected chi connectivity index (χ0v) is 22.0. The third-order valence-corrected chi connectivity index (χ3v) is 7.40. The number of methoxy groups -OCH3 is 1. The minimum atomic E-state index is -0.552. The first kappa shape index (κ1) is 25.0. The van der Waals surface area contributed by atoms with Gasteiger partial charge in [0.15, 0.2) is 5.96 Å². The van der Waals surface area contributed by atoms with Gasteiger partial charge in [0.2, 0.25) is 11.8 Å². The number of fused-ring (bicyclic) bond motifs is 1. The van der Waals surface area contributed by atoms with Gasteiger partial charge >= 0.3 is 0 Å². The van der Waals surface area contributed by atoms with Gasteiger partial charge in [-0.05, 0) is 63.8 Å². The van der Waals surface area contributed by atoms with Gasteiger partial charge in [0.25, 0.3) is 0 Å². The molecule has 3 N–H and O–H groups in total. The Kier molecular flexibility index (Phi) is 6.12. The van der Waals surface area contributed by atoms with Gasteiger partial charge in [-0.3, -0.25) is 19.5 Å². The molecule has 1 aromatic carbocycles. The Balaban J connectivity index is 1.39. The van der Waals surface area contributed by atoms with Crippen LogP contribution < -0.4 is 20.5 Å². The number of carbonyl (C=O) groups is 2. The van der Waals surface area contributed by atoms with E-state index >= 15 is 0 Å². The summed E-state index contributed by atoms with van der Waals surface area (Å²) in [6.07, 6.45) is 4.97. The molecule has 0 bridgehead atoms. The van der Waals surface area contributed by atoms with Gasteiger partial charge in [0.1, 0.15) is 17.1 Å². The van der Waals surface area contributed by atoms with E-state index in [2.05, 4.69) is 15.3 Å². The molecular weight excluding hydrogens is 470 g/mol. The van der Waals surface area contributed by atoms with Crippen molar-refractivity contribution in [3.8, 4) is 11.5 Å². The van der Waals surface area contributed by atoms with Gasteiger partial charge in [-0.15, -0.1) is 0 Å². The molecule has 1 aliphatic carbocycles. The van der Waals surface area contributed by atoms with Crippen molar-refractivity contribution in [1.29, 1.82) is 0 Å². The lowest BCUT2D eigenvalue weighted by Crippen LogP contribution is -2.52. The summed E-state index contributed by atoms with van der Waals surface area (Å²) in [7, 11) is 1.62. The molecule has 2 aromatic rings. The molecule has 0 spiro atoms. The van der Waals surface area contributed by atoms with Crippen molar-refractivity contribution in [2.24, 2.45) is 22.6 Å². The van der Waals surface area contributed by atoms with Crippen molar-refractivity contribution in [2.75, 3.05) is 7.11 Å². The zero-order valence-electron chi connectivity index (χ0n) is 22.0. The molecule has 3 heterocycles. The van der Waals surface area contributed by atoms with E-state index in [0.29, 0.717) is 24.3 Å². The summed E-state index contributed by atoms with van der Waals surface area (Å²) >= 11 is 0. The van der Waals surface area contributed by atoms with E-state index in [1.165, 1.54) is 0 Å². The maximum absolute atomic E-state index is 13.6. The number of ether oxygens (including phenoxy) is 2. The second-order valence-corrected chi connectivity index (χ2v) is 11.5. The molecule has 2 amide bonds. The Morgan fingerprint density at radius 1 is 1.27 bits per heavy atom. The second-order valence-electron chi connectivity index (χ2n) is 11.5. The molecular formula is C28H35N5O4. The van der Waals surface area contributed by atoms with Crippen LogP contribution in [0, 0.1) is 11.8 Å². The molecule has 1 aromatic heterocycles. The summed E-state index contributed by atoms with van der Waals surface area (Å²) in [6.45, 7) is 7.81. The van der Waals surface area contributed by atoms with Crippen molar-refractivity contribution in [2.45, 2.75) is 70.2 Å². The molecule has 1 fully saturated rings. The van der Waals surface area contributed by atoms with E-state index < -0.39 is 17.2 Å². The number of aliphatic imine (C=N–C) groups is 1. The fourth-order valence-electron chi connectivity index (χ4n) is 5.65. The molecule has 0 radical (unpaired) electrons. The van der Waals surface area contributed by atoms with Crippen LogP contribution in [0.15, 0.2) is 47.7 Å². The maximum Gasteiger partial charge on any atom is 0.232 e. The van der Waals surface area contributed by atoms with Crippen LogP contribution in [0.4, 0.5) is 0 Å². The van der Waals surface area contributed by atoms with Crippen molar-refractivity contribution >= 4 is 17.8 Å².